The first-order valence-corrected chi connectivity index (χ1v) is 8.04. The van der Waals surface area contributed by atoms with Crippen LogP contribution in [0.3, 0.4) is 0 Å². The van der Waals surface area contributed by atoms with Crippen molar-refractivity contribution in [2.45, 2.75) is 44.7 Å². The molecular weight excluding hydrogens is 260 g/mol. The van der Waals surface area contributed by atoms with Crippen molar-refractivity contribution in [3.05, 3.63) is 41.5 Å². The van der Waals surface area contributed by atoms with Crippen LogP contribution in [-0.2, 0) is 4.79 Å². The fraction of sp³-hybridized carbons (Fsp3) is 0.500. The van der Waals surface area contributed by atoms with Crippen LogP contribution in [0.25, 0.3) is 6.08 Å². The molecule has 2 N–H and O–H groups in total. The standard InChI is InChI=1S/C18H24N2O/c1-2-14(10-13-6-4-3-5-7-13)16-12-17(16)20-15-8-9-19-18(21)11-15/h3-7,10,15-17,20H,2,8-9,11-12H2,1H3,(H,19,21)/b14-10+/t15?,16-,17+/m1/s1. The van der Waals surface area contributed by atoms with E-state index in [4.69, 9.17) is 0 Å². The van der Waals surface area contributed by atoms with Crippen LogP contribution >= 0.6 is 0 Å². The van der Waals surface area contributed by atoms with Crippen LogP contribution in [0.15, 0.2) is 35.9 Å². The maximum atomic E-state index is 11.4. The Morgan fingerprint density at radius 2 is 2.19 bits per heavy atom. The molecule has 0 spiro atoms. The number of carbonyl (C=O) groups is 1. The van der Waals surface area contributed by atoms with Crippen molar-refractivity contribution in [3.63, 3.8) is 0 Å². The summed E-state index contributed by atoms with van der Waals surface area (Å²) in [6, 6.07) is 11.5. The molecule has 1 aromatic rings. The lowest BCUT2D eigenvalue weighted by Crippen LogP contribution is -2.44. The monoisotopic (exact) mass is 284 g/mol. The third-order valence-corrected chi connectivity index (χ3v) is 4.52. The van der Waals surface area contributed by atoms with E-state index in [0.717, 1.165) is 19.4 Å². The Kier molecular flexibility index (Phi) is 4.39. The third-order valence-electron chi connectivity index (χ3n) is 4.52. The zero-order valence-electron chi connectivity index (χ0n) is 12.6. The maximum absolute atomic E-state index is 11.4. The molecule has 0 bridgehead atoms. The van der Waals surface area contributed by atoms with E-state index in [9.17, 15) is 4.79 Å². The van der Waals surface area contributed by atoms with Gasteiger partial charge < -0.3 is 10.6 Å². The van der Waals surface area contributed by atoms with Crippen LogP contribution in [-0.4, -0.2) is 24.5 Å². The molecule has 3 atom stereocenters. The molecule has 2 aliphatic rings. The smallest absolute Gasteiger partial charge is 0.221 e. The molecular formula is C18H24N2O. The second-order valence-corrected chi connectivity index (χ2v) is 6.14. The maximum Gasteiger partial charge on any atom is 0.221 e. The average molecular weight is 284 g/mol. The number of piperidine rings is 1. The van der Waals surface area contributed by atoms with Crippen LogP contribution in [0, 0.1) is 5.92 Å². The lowest BCUT2D eigenvalue weighted by Gasteiger charge is -2.23. The molecule has 21 heavy (non-hydrogen) atoms. The van der Waals surface area contributed by atoms with Crippen molar-refractivity contribution in [2.75, 3.05) is 6.54 Å². The summed E-state index contributed by atoms with van der Waals surface area (Å²) in [5.74, 6) is 0.840. The molecule has 1 amide bonds. The Morgan fingerprint density at radius 3 is 2.90 bits per heavy atom. The first kappa shape index (κ1) is 14.3. The van der Waals surface area contributed by atoms with Gasteiger partial charge in [0.1, 0.15) is 0 Å². The lowest BCUT2D eigenvalue weighted by atomic mass is 10.0. The summed E-state index contributed by atoms with van der Waals surface area (Å²) in [4.78, 5) is 11.4. The number of amides is 1. The molecule has 1 saturated heterocycles. The van der Waals surface area contributed by atoms with Crippen molar-refractivity contribution < 1.29 is 4.79 Å². The van der Waals surface area contributed by atoms with Gasteiger partial charge in [0.25, 0.3) is 0 Å². The normalized spacial score (nSPS) is 29.1. The highest BCUT2D eigenvalue weighted by molar-refractivity contribution is 5.77. The number of hydrogen-bond acceptors (Lipinski definition) is 2. The Labute approximate surface area is 126 Å². The summed E-state index contributed by atoms with van der Waals surface area (Å²) in [7, 11) is 0. The fourth-order valence-electron chi connectivity index (χ4n) is 3.25. The van der Waals surface area contributed by atoms with E-state index in [2.05, 4.69) is 54.0 Å². The molecule has 3 nitrogen and oxygen atoms in total. The molecule has 0 radical (unpaired) electrons. The first-order valence-electron chi connectivity index (χ1n) is 8.04. The highest BCUT2D eigenvalue weighted by atomic mass is 16.1. The summed E-state index contributed by atoms with van der Waals surface area (Å²) in [5.41, 5.74) is 2.82. The Morgan fingerprint density at radius 1 is 1.38 bits per heavy atom. The van der Waals surface area contributed by atoms with Crippen molar-refractivity contribution in [1.82, 2.24) is 10.6 Å². The minimum Gasteiger partial charge on any atom is -0.356 e. The van der Waals surface area contributed by atoms with E-state index >= 15 is 0 Å². The average Bonchev–Trinajstić information content (AvgIpc) is 3.25. The summed E-state index contributed by atoms with van der Waals surface area (Å²) in [5, 5.41) is 6.57. The number of benzene rings is 1. The van der Waals surface area contributed by atoms with Crippen molar-refractivity contribution in [3.8, 4) is 0 Å². The Bertz CT molecular complexity index is 523. The quantitative estimate of drug-likeness (QED) is 0.873. The Balaban J connectivity index is 1.58. The van der Waals surface area contributed by atoms with Crippen molar-refractivity contribution in [1.29, 1.82) is 0 Å². The number of nitrogens with one attached hydrogen (secondary N) is 2. The van der Waals surface area contributed by atoms with E-state index in [1.807, 2.05) is 0 Å². The second kappa shape index (κ2) is 6.44. The van der Waals surface area contributed by atoms with Crippen LogP contribution in [0.2, 0.25) is 0 Å². The van der Waals surface area contributed by atoms with Gasteiger partial charge in [0.2, 0.25) is 5.91 Å². The van der Waals surface area contributed by atoms with Gasteiger partial charge in [-0.1, -0.05) is 48.9 Å². The predicted molar refractivity (Wildman–Crippen MR) is 85.8 cm³/mol. The molecule has 3 rings (SSSR count). The number of rotatable bonds is 5. The lowest BCUT2D eigenvalue weighted by molar-refractivity contribution is -0.122. The minimum absolute atomic E-state index is 0.187. The zero-order chi connectivity index (χ0) is 14.7. The zero-order valence-corrected chi connectivity index (χ0v) is 12.6. The van der Waals surface area contributed by atoms with Crippen LogP contribution < -0.4 is 10.6 Å². The van der Waals surface area contributed by atoms with Crippen LogP contribution in [0.4, 0.5) is 0 Å². The summed E-state index contributed by atoms with van der Waals surface area (Å²) in [6.07, 6.45) is 6.33. The van der Waals surface area contributed by atoms with Crippen molar-refractivity contribution in [2.24, 2.45) is 5.92 Å². The van der Waals surface area contributed by atoms with Gasteiger partial charge in [0.05, 0.1) is 0 Å². The molecule has 1 aliphatic heterocycles. The van der Waals surface area contributed by atoms with Gasteiger partial charge >= 0.3 is 0 Å². The van der Waals surface area contributed by atoms with E-state index in [0.29, 0.717) is 24.4 Å². The summed E-state index contributed by atoms with van der Waals surface area (Å²) >= 11 is 0. The highest BCUT2D eigenvalue weighted by Crippen LogP contribution is 2.40. The molecule has 1 aromatic carbocycles. The second-order valence-electron chi connectivity index (χ2n) is 6.14. The predicted octanol–water partition coefficient (Wildman–Crippen LogP) is 2.74. The van der Waals surface area contributed by atoms with Crippen LogP contribution in [0.1, 0.15) is 38.2 Å². The molecule has 1 saturated carbocycles. The first-order chi connectivity index (χ1) is 10.3. The molecule has 112 valence electrons. The van der Waals surface area contributed by atoms with E-state index in [1.165, 1.54) is 17.6 Å². The summed E-state index contributed by atoms with van der Waals surface area (Å²) in [6.45, 7) is 3.05. The van der Waals surface area contributed by atoms with Gasteiger partial charge in [-0.05, 0) is 30.7 Å². The largest absolute Gasteiger partial charge is 0.356 e. The third kappa shape index (κ3) is 3.73. The molecule has 1 unspecified atom stereocenters. The van der Waals surface area contributed by atoms with E-state index in [1.54, 1.807) is 0 Å². The highest BCUT2D eigenvalue weighted by Gasteiger charge is 2.40. The van der Waals surface area contributed by atoms with Crippen LogP contribution in [0.5, 0.6) is 0 Å². The minimum atomic E-state index is 0.187. The molecule has 1 aliphatic carbocycles. The van der Waals surface area contributed by atoms with Gasteiger partial charge in [0.15, 0.2) is 0 Å². The summed E-state index contributed by atoms with van der Waals surface area (Å²) < 4.78 is 0. The van der Waals surface area contributed by atoms with E-state index < -0.39 is 0 Å². The van der Waals surface area contributed by atoms with Gasteiger partial charge in [0, 0.05) is 25.0 Å². The Hall–Kier alpha value is -1.61. The van der Waals surface area contributed by atoms with Crippen molar-refractivity contribution >= 4 is 12.0 Å². The fourth-order valence-corrected chi connectivity index (χ4v) is 3.25. The van der Waals surface area contributed by atoms with Gasteiger partial charge in [-0.25, -0.2) is 0 Å². The number of carbonyl (C=O) groups excluding carboxylic acids is 1. The molecule has 2 fully saturated rings. The SMILES string of the molecule is CC/C(=C\c1ccccc1)[C@H]1C[C@@H]1NC1CCNC(=O)C1. The topological polar surface area (TPSA) is 41.1 Å². The van der Waals surface area contributed by atoms with E-state index in [-0.39, 0.29) is 5.91 Å². The molecule has 3 heteroatoms. The van der Waals surface area contributed by atoms with Gasteiger partial charge in [-0.15, -0.1) is 0 Å². The molecule has 0 aromatic heterocycles. The number of hydrogen-bond donors (Lipinski definition) is 2. The molecule has 1 heterocycles. The van der Waals surface area contributed by atoms with Gasteiger partial charge in [-0.3, -0.25) is 4.79 Å². The van der Waals surface area contributed by atoms with Gasteiger partial charge in [-0.2, -0.15) is 0 Å².